The number of aryl methyl sites for hydroxylation is 2. The molecule has 0 N–H and O–H groups in total. The van der Waals surface area contributed by atoms with E-state index in [0.717, 1.165) is 26.7 Å². The summed E-state index contributed by atoms with van der Waals surface area (Å²) in [6.07, 6.45) is 3.98. The lowest BCUT2D eigenvalue weighted by molar-refractivity contribution is -0.121. The molecule has 0 spiro atoms. The Morgan fingerprint density at radius 3 is 2.52 bits per heavy atom. The molecule has 2 heterocycles. The number of carbonyl (C=O) groups excluding carboxylic acids is 1. The van der Waals surface area contributed by atoms with Gasteiger partial charge in [0, 0.05) is 41.2 Å². The molecule has 1 amide bonds. The first kappa shape index (κ1) is 21.6. The van der Waals surface area contributed by atoms with Gasteiger partial charge in [-0.2, -0.15) is 0 Å². The summed E-state index contributed by atoms with van der Waals surface area (Å²) in [5.74, 6) is 0.779. The summed E-state index contributed by atoms with van der Waals surface area (Å²) in [6, 6.07) is 12.3. The van der Waals surface area contributed by atoms with Gasteiger partial charge in [-0.1, -0.05) is 22.0 Å². The summed E-state index contributed by atoms with van der Waals surface area (Å²) >= 11 is 8.90. The number of nitrogens with zero attached hydrogens (tertiary/aromatic N) is 3. The number of ether oxygens (including phenoxy) is 1. The Kier molecular flexibility index (Phi) is 5.90. The van der Waals surface area contributed by atoms with Crippen molar-refractivity contribution in [2.24, 2.45) is 0 Å². The Hall–Kier alpha value is -2.64. The Bertz CT molecular complexity index is 1230. The lowest BCUT2D eigenvalue weighted by atomic mass is 10.1. The highest BCUT2D eigenvalue weighted by Gasteiger charge is 2.33. The van der Waals surface area contributed by atoms with Crippen LogP contribution in [-0.4, -0.2) is 46.1 Å². The topological polar surface area (TPSA) is 37.7 Å². The molecule has 3 aromatic rings. The highest BCUT2D eigenvalue weighted by Crippen LogP contribution is 2.29. The van der Waals surface area contributed by atoms with Crippen LogP contribution in [0.25, 0.3) is 17.0 Å². The van der Waals surface area contributed by atoms with Crippen LogP contribution in [0.4, 0.5) is 0 Å². The van der Waals surface area contributed by atoms with Crippen LogP contribution in [-0.2, 0) is 11.3 Å². The van der Waals surface area contributed by atoms with Crippen LogP contribution in [0.2, 0.25) is 0 Å². The van der Waals surface area contributed by atoms with Crippen molar-refractivity contribution in [1.82, 2.24) is 14.4 Å². The molecule has 1 aliphatic rings. The van der Waals surface area contributed by atoms with Crippen LogP contribution in [0.5, 0.6) is 5.75 Å². The maximum Gasteiger partial charge on any atom is 0.276 e. The van der Waals surface area contributed by atoms with Gasteiger partial charge in [0.05, 0.1) is 6.54 Å². The molecule has 5 nitrogen and oxygen atoms in total. The zero-order valence-electron chi connectivity index (χ0n) is 18.0. The van der Waals surface area contributed by atoms with E-state index in [1.165, 1.54) is 16.0 Å². The fourth-order valence-corrected chi connectivity index (χ4v) is 4.24. The van der Waals surface area contributed by atoms with Gasteiger partial charge in [0.2, 0.25) is 0 Å². The predicted molar refractivity (Wildman–Crippen MR) is 132 cm³/mol. The number of fused-ring (bicyclic) bond motifs is 1. The van der Waals surface area contributed by atoms with Crippen LogP contribution in [0, 0.1) is 13.8 Å². The Labute approximate surface area is 196 Å². The van der Waals surface area contributed by atoms with Crippen molar-refractivity contribution in [2.75, 3.05) is 20.7 Å². The van der Waals surface area contributed by atoms with E-state index in [1.54, 1.807) is 11.9 Å². The molecular formula is C24H24BrN3O2S. The average Bonchev–Trinajstić information content (AvgIpc) is 3.16. The van der Waals surface area contributed by atoms with Gasteiger partial charge >= 0.3 is 0 Å². The minimum absolute atomic E-state index is 0.0959. The molecule has 1 saturated heterocycles. The number of benzene rings is 2. The Morgan fingerprint density at radius 2 is 1.84 bits per heavy atom. The highest BCUT2D eigenvalue weighted by molar-refractivity contribution is 9.10. The van der Waals surface area contributed by atoms with Crippen LogP contribution in [0.15, 0.2) is 52.8 Å². The fraction of sp³-hybridized carbons (Fsp3) is 0.250. The summed E-state index contributed by atoms with van der Waals surface area (Å²) < 4.78 is 9.14. The Balaban J connectivity index is 1.63. The number of rotatable bonds is 5. The molecular weight excluding hydrogens is 474 g/mol. The molecule has 160 valence electrons. The lowest BCUT2D eigenvalue weighted by Gasteiger charge is -2.10. The molecule has 31 heavy (non-hydrogen) atoms. The van der Waals surface area contributed by atoms with Crippen molar-refractivity contribution in [3.05, 3.63) is 69.5 Å². The third kappa shape index (κ3) is 4.12. The smallest absolute Gasteiger partial charge is 0.276 e. The van der Waals surface area contributed by atoms with Crippen molar-refractivity contribution in [1.29, 1.82) is 0 Å². The van der Waals surface area contributed by atoms with E-state index < -0.39 is 0 Å². The van der Waals surface area contributed by atoms with E-state index >= 15 is 0 Å². The molecule has 7 heteroatoms. The molecule has 1 fully saturated rings. The Morgan fingerprint density at radius 1 is 1.06 bits per heavy atom. The van der Waals surface area contributed by atoms with Gasteiger partial charge in [0.1, 0.15) is 18.1 Å². The summed E-state index contributed by atoms with van der Waals surface area (Å²) in [7, 11) is 3.52. The molecule has 1 aliphatic heterocycles. The minimum atomic E-state index is -0.0959. The first-order valence-corrected chi connectivity index (χ1v) is 11.2. The molecule has 0 unspecified atom stereocenters. The monoisotopic (exact) mass is 497 g/mol. The average molecular weight is 498 g/mol. The van der Waals surface area contributed by atoms with Crippen molar-refractivity contribution in [2.45, 2.75) is 20.4 Å². The number of halogens is 1. The lowest BCUT2D eigenvalue weighted by Crippen LogP contribution is -2.26. The van der Waals surface area contributed by atoms with Gasteiger partial charge in [-0.15, -0.1) is 0 Å². The zero-order valence-corrected chi connectivity index (χ0v) is 20.4. The molecule has 2 aromatic carbocycles. The second-order valence-electron chi connectivity index (χ2n) is 7.77. The number of amides is 1. The maximum atomic E-state index is 12.6. The van der Waals surface area contributed by atoms with Gasteiger partial charge in [-0.25, -0.2) is 0 Å². The number of likely N-dealkylation sites (N-methyl/N-ethyl adjacent to an activating group) is 2. The van der Waals surface area contributed by atoms with Gasteiger partial charge < -0.3 is 14.2 Å². The van der Waals surface area contributed by atoms with E-state index in [-0.39, 0.29) is 5.91 Å². The number of carbonyl (C=O) groups is 1. The molecule has 0 bridgehead atoms. The summed E-state index contributed by atoms with van der Waals surface area (Å²) in [5, 5.41) is 1.57. The van der Waals surface area contributed by atoms with Crippen molar-refractivity contribution in [3.8, 4) is 5.75 Å². The SMILES string of the molecule is Cc1ccc(OCCn2cc(/C=C3/C(=O)N(C)C(=S)N3C)c3cc(Br)ccc32)cc1C. The highest BCUT2D eigenvalue weighted by atomic mass is 79.9. The maximum absolute atomic E-state index is 12.6. The van der Waals surface area contributed by atoms with Crippen LogP contribution < -0.4 is 4.74 Å². The molecule has 0 radical (unpaired) electrons. The third-order valence-electron chi connectivity index (χ3n) is 5.70. The fourth-order valence-electron chi connectivity index (χ4n) is 3.70. The predicted octanol–water partition coefficient (Wildman–Crippen LogP) is 5.13. The van der Waals surface area contributed by atoms with Crippen molar-refractivity contribution < 1.29 is 9.53 Å². The second kappa shape index (κ2) is 8.48. The normalized spacial score (nSPS) is 15.6. The van der Waals surface area contributed by atoms with E-state index in [2.05, 4.69) is 64.8 Å². The summed E-state index contributed by atoms with van der Waals surface area (Å²) in [4.78, 5) is 15.9. The quantitative estimate of drug-likeness (QED) is 0.361. The van der Waals surface area contributed by atoms with Crippen molar-refractivity contribution >= 4 is 56.1 Å². The summed E-state index contributed by atoms with van der Waals surface area (Å²) in [6.45, 7) is 5.42. The number of thiocarbonyl (C=S) groups is 1. The molecule has 0 saturated carbocycles. The van der Waals surface area contributed by atoms with Crippen LogP contribution >= 0.6 is 28.1 Å². The zero-order chi connectivity index (χ0) is 22.3. The van der Waals surface area contributed by atoms with Crippen molar-refractivity contribution in [3.63, 3.8) is 0 Å². The van der Waals surface area contributed by atoms with Gasteiger partial charge in [0.15, 0.2) is 5.11 Å². The van der Waals surface area contributed by atoms with E-state index in [9.17, 15) is 4.79 Å². The first-order chi connectivity index (χ1) is 14.8. The third-order valence-corrected chi connectivity index (χ3v) is 6.75. The number of hydrogen-bond donors (Lipinski definition) is 0. The molecule has 0 aliphatic carbocycles. The standard InChI is InChI=1S/C24H24BrN3O2S/c1-15-5-7-19(11-16(15)2)30-10-9-28-14-17(20-13-18(25)6-8-21(20)28)12-22-23(29)27(4)24(31)26(22)3/h5-8,11-14H,9-10H2,1-4H3/b22-12-. The summed E-state index contributed by atoms with van der Waals surface area (Å²) in [5.41, 5.74) is 5.09. The van der Waals surface area contributed by atoms with E-state index in [0.29, 0.717) is 24.0 Å². The molecule has 1 aromatic heterocycles. The number of aromatic nitrogens is 1. The van der Waals surface area contributed by atoms with E-state index in [1.807, 2.05) is 25.3 Å². The minimum Gasteiger partial charge on any atom is -0.492 e. The number of hydrogen-bond acceptors (Lipinski definition) is 3. The van der Waals surface area contributed by atoms with Gasteiger partial charge in [-0.05, 0) is 73.6 Å². The van der Waals surface area contributed by atoms with E-state index in [4.69, 9.17) is 17.0 Å². The van der Waals surface area contributed by atoms with Gasteiger partial charge in [-0.3, -0.25) is 9.69 Å². The largest absolute Gasteiger partial charge is 0.492 e. The molecule has 0 atom stereocenters. The van der Waals surface area contributed by atoms with Crippen LogP contribution in [0.1, 0.15) is 16.7 Å². The van der Waals surface area contributed by atoms with Gasteiger partial charge in [0.25, 0.3) is 5.91 Å². The molecule has 4 rings (SSSR count). The second-order valence-corrected chi connectivity index (χ2v) is 9.05. The first-order valence-electron chi connectivity index (χ1n) is 10.0. The van der Waals surface area contributed by atoms with Crippen LogP contribution in [0.3, 0.4) is 0 Å².